The molecule has 1 aromatic heterocycles. The number of hydrogen-bond acceptors (Lipinski definition) is 2. The Bertz CT molecular complexity index is 248. The summed E-state index contributed by atoms with van der Waals surface area (Å²) >= 11 is 0. The van der Waals surface area contributed by atoms with Crippen molar-refractivity contribution in [2.45, 2.75) is 6.43 Å². The molecule has 0 bridgehead atoms. The van der Waals surface area contributed by atoms with E-state index in [2.05, 4.69) is 10.3 Å². The molecule has 0 aliphatic rings. The van der Waals surface area contributed by atoms with E-state index in [-0.39, 0.29) is 12.1 Å². The number of hydrogen-bond donors (Lipinski definition) is 1. The van der Waals surface area contributed by atoms with E-state index < -0.39 is 13.1 Å². The second kappa shape index (κ2) is 4.69. The minimum atomic E-state index is -2.51. The Balaban J connectivity index is 2.59. The van der Waals surface area contributed by atoms with Gasteiger partial charge >= 0.3 is 0 Å². The molecule has 2 nitrogen and oxygen atoms in total. The largest absolute Gasteiger partial charge is 0.367 e. The number of alkyl halides is 3. The first-order chi connectivity index (χ1) is 6.24. The maximum atomic E-state index is 12.0. The fourth-order valence-corrected chi connectivity index (χ4v) is 0.814. The van der Waals surface area contributed by atoms with Crippen molar-refractivity contribution in [2.24, 2.45) is 0 Å². The van der Waals surface area contributed by atoms with Crippen molar-refractivity contribution in [2.75, 3.05) is 18.5 Å². The molecule has 0 unspecified atom stereocenters. The summed E-state index contributed by atoms with van der Waals surface area (Å²) in [6, 6.07) is 2.66. The SMILES string of the molecule is FCCNc1ccc(C(F)F)cn1. The van der Waals surface area contributed by atoms with E-state index in [0.29, 0.717) is 5.82 Å². The molecule has 0 fully saturated rings. The van der Waals surface area contributed by atoms with E-state index in [4.69, 9.17) is 0 Å². The standard InChI is InChI=1S/C8H9F3N2/c9-3-4-12-7-2-1-6(5-13-7)8(10)11/h1-2,5,8H,3-4H2,(H,12,13). The van der Waals surface area contributed by atoms with Crippen molar-refractivity contribution in [3.8, 4) is 0 Å². The summed E-state index contributed by atoms with van der Waals surface area (Å²) < 4.78 is 35.7. The van der Waals surface area contributed by atoms with Gasteiger partial charge in [-0.25, -0.2) is 18.2 Å². The number of nitrogens with one attached hydrogen (secondary N) is 1. The van der Waals surface area contributed by atoms with Crippen LogP contribution in [-0.2, 0) is 0 Å². The highest BCUT2D eigenvalue weighted by Crippen LogP contribution is 2.18. The van der Waals surface area contributed by atoms with Crippen LogP contribution in [-0.4, -0.2) is 18.2 Å². The molecule has 1 N–H and O–H groups in total. The van der Waals surface area contributed by atoms with E-state index in [0.717, 1.165) is 6.20 Å². The molecule has 0 spiro atoms. The van der Waals surface area contributed by atoms with Crippen LogP contribution in [0.15, 0.2) is 18.3 Å². The van der Waals surface area contributed by atoms with Crippen LogP contribution in [0.4, 0.5) is 19.0 Å². The lowest BCUT2D eigenvalue weighted by molar-refractivity contribution is 0.151. The zero-order valence-corrected chi connectivity index (χ0v) is 6.80. The van der Waals surface area contributed by atoms with Crippen LogP contribution in [0.2, 0.25) is 0 Å². The Hall–Kier alpha value is -1.26. The van der Waals surface area contributed by atoms with Crippen LogP contribution in [0.25, 0.3) is 0 Å². The summed E-state index contributed by atoms with van der Waals surface area (Å²) in [6.07, 6.45) is -1.44. The minimum Gasteiger partial charge on any atom is -0.367 e. The molecule has 13 heavy (non-hydrogen) atoms. The molecule has 5 heteroatoms. The third-order valence-corrected chi connectivity index (χ3v) is 1.44. The van der Waals surface area contributed by atoms with Gasteiger partial charge in [0, 0.05) is 18.3 Å². The Kier molecular flexibility index (Phi) is 3.54. The van der Waals surface area contributed by atoms with Crippen molar-refractivity contribution in [3.05, 3.63) is 23.9 Å². The second-order valence-electron chi connectivity index (χ2n) is 2.39. The van der Waals surface area contributed by atoms with Crippen LogP contribution in [0.1, 0.15) is 12.0 Å². The average molecular weight is 190 g/mol. The minimum absolute atomic E-state index is 0.134. The van der Waals surface area contributed by atoms with E-state index in [1.165, 1.54) is 12.1 Å². The molecule has 0 amide bonds. The maximum absolute atomic E-state index is 12.0. The third kappa shape index (κ3) is 2.93. The molecule has 0 aliphatic carbocycles. The lowest BCUT2D eigenvalue weighted by atomic mass is 10.3. The molecule has 1 rings (SSSR count). The molecule has 1 heterocycles. The van der Waals surface area contributed by atoms with Gasteiger partial charge in [0.15, 0.2) is 0 Å². The number of aromatic nitrogens is 1. The molecule has 1 aromatic rings. The molecule has 72 valence electrons. The van der Waals surface area contributed by atoms with Gasteiger partial charge < -0.3 is 5.32 Å². The number of nitrogens with zero attached hydrogens (tertiary/aromatic N) is 1. The highest BCUT2D eigenvalue weighted by Gasteiger charge is 2.06. The first kappa shape index (κ1) is 9.83. The zero-order chi connectivity index (χ0) is 9.68. The Morgan fingerprint density at radius 1 is 1.38 bits per heavy atom. The molecule has 0 aromatic carbocycles. The highest BCUT2D eigenvalue weighted by atomic mass is 19.3. The van der Waals surface area contributed by atoms with E-state index in [1.807, 2.05) is 0 Å². The van der Waals surface area contributed by atoms with Crippen molar-refractivity contribution in [1.29, 1.82) is 0 Å². The Morgan fingerprint density at radius 3 is 2.62 bits per heavy atom. The van der Waals surface area contributed by atoms with Gasteiger partial charge in [-0.05, 0) is 12.1 Å². The molecule has 0 aliphatic heterocycles. The smallest absolute Gasteiger partial charge is 0.265 e. The fraction of sp³-hybridized carbons (Fsp3) is 0.375. The van der Waals surface area contributed by atoms with Crippen molar-refractivity contribution >= 4 is 5.82 Å². The molecular formula is C8H9F3N2. The first-order valence-electron chi connectivity index (χ1n) is 3.78. The van der Waals surface area contributed by atoms with Gasteiger partial charge in [-0.1, -0.05) is 0 Å². The van der Waals surface area contributed by atoms with Gasteiger partial charge in [0.1, 0.15) is 12.5 Å². The summed E-state index contributed by atoms with van der Waals surface area (Å²) in [4.78, 5) is 3.68. The van der Waals surface area contributed by atoms with Crippen LogP contribution in [0.3, 0.4) is 0 Å². The van der Waals surface area contributed by atoms with Gasteiger partial charge in [-0.2, -0.15) is 0 Å². The Labute approximate surface area is 73.8 Å². The molecule has 0 saturated heterocycles. The second-order valence-corrected chi connectivity index (χ2v) is 2.39. The van der Waals surface area contributed by atoms with Crippen LogP contribution < -0.4 is 5.32 Å². The van der Waals surface area contributed by atoms with Crippen LogP contribution >= 0.6 is 0 Å². The van der Waals surface area contributed by atoms with Gasteiger partial charge in [0.25, 0.3) is 6.43 Å². The first-order valence-corrected chi connectivity index (χ1v) is 3.78. The maximum Gasteiger partial charge on any atom is 0.265 e. The summed E-state index contributed by atoms with van der Waals surface area (Å²) in [5.74, 6) is 0.405. The third-order valence-electron chi connectivity index (χ3n) is 1.44. The monoisotopic (exact) mass is 190 g/mol. The van der Waals surface area contributed by atoms with Gasteiger partial charge in [0.05, 0.1) is 0 Å². The predicted octanol–water partition coefficient (Wildman–Crippen LogP) is 2.40. The number of anilines is 1. The summed E-state index contributed by atoms with van der Waals surface area (Å²) in [7, 11) is 0. The predicted molar refractivity (Wildman–Crippen MR) is 43.7 cm³/mol. The summed E-state index contributed by atoms with van der Waals surface area (Å²) in [6.45, 7) is -0.376. The molecule has 0 atom stereocenters. The molecule has 0 radical (unpaired) electrons. The molecular weight excluding hydrogens is 181 g/mol. The zero-order valence-electron chi connectivity index (χ0n) is 6.80. The normalized spacial score (nSPS) is 10.5. The van der Waals surface area contributed by atoms with E-state index in [9.17, 15) is 13.2 Å². The number of pyridine rings is 1. The lowest BCUT2D eigenvalue weighted by Crippen LogP contribution is -2.04. The van der Waals surface area contributed by atoms with Gasteiger partial charge in [0.2, 0.25) is 0 Å². The van der Waals surface area contributed by atoms with Crippen molar-refractivity contribution in [3.63, 3.8) is 0 Å². The lowest BCUT2D eigenvalue weighted by Gasteiger charge is -2.03. The van der Waals surface area contributed by atoms with E-state index >= 15 is 0 Å². The highest BCUT2D eigenvalue weighted by molar-refractivity contribution is 5.35. The Morgan fingerprint density at radius 2 is 2.15 bits per heavy atom. The van der Waals surface area contributed by atoms with Crippen molar-refractivity contribution < 1.29 is 13.2 Å². The van der Waals surface area contributed by atoms with Crippen molar-refractivity contribution in [1.82, 2.24) is 4.98 Å². The van der Waals surface area contributed by atoms with Gasteiger partial charge in [-0.3, -0.25) is 0 Å². The topological polar surface area (TPSA) is 24.9 Å². The van der Waals surface area contributed by atoms with E-state index in [1.54, 1.807) is 0 Å². The molecule has 0 saturated carbocycles. The fourth-order valence-electron chi connectivity index (χ4n) is 0.814. The quantitative estimate of drug-likeness (QED) is 0.788. The summed E-state index contributed by atoms with van der Waals surface area (Å²) in [5, 5.41) is 2.63. The van der Waals surface area contributed by atoms with Gasteiger partial charge in [-0.15, -0.1) is 0 Å². The van der Waals surface area contributed by atoms with Crippen LogP contribution in [0, 0.1) is 0 Å². The van der Waals surface area contributed by atoms with Crippen LogP contribution in [0.5, 0.6) is 0 Å². The average Bonchev–Trinajstić information content (AvgIpc) is 2.15. The summed E-state index contributed by atoms with van der Waals surface area (Å²) in [5.41, 5.74) is -0.134. The number of halogens is 3. The number of rotatable bonds is 4.